The monoisotopic (exact) mass is 299 g/mol. The topological polar surface area (TPSA) is 50.9 Å². The molecule has 108 valence electrons. The minimum absolute atomic E-state index is 0.0775. The maximum Gasteiger partial charge on any atom is 0.117 e. The number of benzene rings is 1. The third-order valence-corrected chi connectivity index (χ3v) is 4.26. The Morgan fingerprint density at radius 2 is 1.95 bits per heavy atom. The predicted octanol–water partition coefficient (Wildman–Crippen LogP) is 3.13. The molecule has 3 aromatic rings. The van der Waals surface area contributed by atoms with Gasteiger partial charge >= 0.3 is 0 Å². The third kappa shape index (κ3) is 3.20. The van der Waals surface area contributed by atoms with Crippen LogP contribution in [0, 0.1) is 0 Å². The zero-order valence-electron chi connectivity index (χ0n) is 11.6. The van der Waals surface area contributed by atoms with E-state index in [0.29, 0.717) is 5.69 Å². The molecule has 0 atom stereocenters. The summed E-state index contributed by atoms with van der Waals surface area (Å²) >= 11 is 1.64. The van der Waals surface area contributed by atoms with E-state index >= 15 is 0 Å². The van der Waals surface area contributed by atoms with Crippen LogP contribution in [0.25, 0.3) is 10.6 Å². The lowest BCUT2D eigenvalue weighted by Gasteiger charge is -2.06. The molecule has 21 heavy (non-hydrogen) atoms. The Labute approximate surface area is 127 Å². The van der Waals surface area contributed by atoms with Gasteiger partial charge in [-0.25, -0.2) is 4.68 Å². The van der Waals surface area contributed by atoms with Crippen molar-refractivity contribution in [2.75, 3.05) is 0 Å². The lowest BCUT2D eigenvalue weighted by Crippen LogP contribution is -2.04. The highest BCUT2D eigenvalue weighted by Gasteiger charge is 2.14. The normalized spacial score (nSPS) is 10.9. The van der Waals surface area contributed by atoms with Crippen molar-refractivity contribution >= 4 is 11.3 Å². The summed E-state index contributed by atoms with van der Waals surface area (Å²) in [5.41, 5.74) is 2.93. The second-order valence-electron chi connectivity index (χ2n) is 4.83. The quantitative estimate of drug-likeness (QED) is 0.761. The van der Waals surface area contributed by atoms with Crippen molar-refractivity contribution in [1.29, 1.82) is 0 Å². The molecule has 4 nitrogen and oxygen atoms in total. The molecule has 0 saturated heterocycles. The minimum atomic E-state index is -0.0775. The second-order valence-corrected chi connectivity index (χ2v) is 5.78. The fourth-order valence-electron chi connectivity index (χ4n) is 2.37. The summed E-state index contributed by atoms with van der Waals surface area (Å²) in [6.07, 6.45) is 2.01. The van der Waals surface area contributed by atoms with Crippen molar-refractivity contribution in [3.63, 3.8) is 0 Å². The van der Waals surface area contributed by atoms with Gasteiger partial charge in [0.1, 0.15) is 11.4 Å². The first-order chi connectivity index (χ1) is 10.4. The predicted molar refractivity (Wildman–Crippen MR) is 84.0 cm³/mol. The van der Waals surface area contributed by atoms with Gasteiger partial charge in [0.2, 0.25) is 0 Å². The Hall–Kier alpha value is -1.98. The van der Waals surface area contributed by atoms with Crippen LogP contribution >= 0.6 is 11.3 Å². The highest BCUT2D eigenvalue weighted by Crippen LogP contribution is 2.27. The molecular weight excluding hydrogens is 282 g/mol. The molecule has 2 aromatic heterocycles. The molecule has 1 aromatic carbocycles. The van der Waals surface area contributed by atoms with Gasteiger partial charge in [-0.05, 0) is 29.9 Å². The van der Waals surface area contributed by atoms with Crippen LogP contribution in [0.15, 0.2) is 47.8 Å². The smallest absolute Gasteiger partial charge is 0.117 e. The van der Waals surface area contributed by atoms with Gasteiger partial charge in [-0.15, -0.1) is 16.4 Å². The molecule has 0 amide bonds. The lowest BCUT2D eigenvalue weighted by atomic mass is 10.1. The fraction of sp³-hybridized carbons (Fsp3) is 0.250. The molecule has 0 saturated carbocycles. The maximum atomic E-state index is 9.42. The Morgan fingerprint density at radius 3 is 2.67 bits per heavy atom. The van der Waals surface area contributed by atoms with E-state index in [1.54, 1.807) is 11.3 Å². The molecule has 2 heterocycles. The van der Waals surface area contributed by atoms with E-state index in [1.165, 1.54) is 5.56 Å². The van der Waals surface area contributed by atoms with Crippen molar-refractivity contribution < 1.29 is 5.11 Å². The number of hydrogen-bond acceptors (Lipinski definition) is 4. The molecule has 0 bridgehead atoms. The molecule has 1 N–H and O–H groups in total. The van der Waals surface area contributed by atoms with Crippen LogP contribution in [-0.2, 0) is 19.6 Å². The molecule has 0 unspecified atom stereocenters. The van der Waals surface area contributed by atoms with E-state index in [4.69, 9.17) is 0 Å². The molecule has 0 aliphatic carbocycles. The van der Waals surface area contributed by atoms with E-state index in [9.17, 15) is 5.11 Å². The molecule has 0 aliphatic heterocycles. The summed E-state index contributed by atoms with van der Waals surface area (Å²) in [6.45, 7) is 0.723. The number of nitrogens with zero attached hydrogens (tertiary/aromatic N) is 3. The Bertz CT molecular complexity index is 677. The molecule has 0 fully saturated rings. The summed E-state index contributed by atoms with van der Waals surface area (Å²) in [6, 6.07) is 14.5. The molecular formula is C16H17N3OS. The first-order valence-corrected chi connectivity index (χ1v) is 7.87. The van der Waals surface area contributed by atoms with Gasteiger partial charge in [-0.2, -0.15) is 0 Å². The van der Waals surface area contributed by atoms with Crippen LogP contribution in [-0.4, -0.2) is 20.1 Å². The number of thiophene rings is 1. The number of aryl methyl sites for hydroxylation is 2. The Morgan fingerprint density at radius 1 is 1.10 bits per heavy atom. The van der Waals surface area contributed by atoms with Gasteiger partial charge in [0.05, 0.1) is 11.5 Å². The van der Waals surface area contributed by atoms with Crippen molar-refractivity contribution in [1.82, 2.24) is 15.0 Å². The highest BCUT2D eigenvalue weighted by atomic mass is 32.1. The van der Waals surface area contributed by atoms with Crippen molar-refractivity contribution in [3.8, 4) is 10.6 Å². The van der Waals surface area contributed by atoms with Gasteiger partial charge < -0.3 is 5.11 Å². The van der Waals surface area contributed by atoms with E-state index < -0.39 is 0 Å². The molecule has 3 rings (SSSR count). The van der Waals surface area contributed by atoms with Gasteiger partial charge in [0, 0.05) is 6.54 Å². The summed E-state index contributed by atoms with van der Waals surface area (Å²) in [5, 5.41) is 19.7. The first kappa shape index (κ1) is 14.0. The maximum absolute atomic E-state index is 9.42. The van der Waals surface area contributed by atoms with Gasteiger partial charge in [0.25, 0.3) is 0 Å². The van der Waals surface area contributed by atoms with Gasteiger partial charge in [0.15, 0.2) is 0 Å². The number of hydrogen-bond donors (Lipinski definition) is 1. The molecule has 0 aliphatic rings. The second kappa shape index (κ2) is 6.65. The summed E-state index contributed by atoms with van der Waals surface area (Å²) < 4.78 is 1.90. The van der Waals surface area contributed by atoms with Crippen LogP contribution in [0.4, 0.5) is 0 Å². The van der Waals surface area contributed by atoms with E-state index in [-0.39, 0.29) is 6.61 Å². The lowest BCUT2D eigenvalue weighted by molar-refractivity contribution is 0.277. The Balaban J connectivity index is 1.72. The van der Waals surface area contributed by atoms with E-state index in [1.807, 2.05) is 28.3 Å². The first-order valence-electron chi connectivity index (χ1n) is 6.99. The highest BCUT2D eigenvalue weighted by molar-refractivity contribution is 7.13. The zero-order valence-corrected chi connectivity index (χ0v) is 12.5. The van der Waals surface area contributed by atoms with Crippen LogP contribution in [0.3, 0.4) is 0 Å². The van der Waals surface area contributed by atoms with Crippen molar-refractivity contribution in [2.24, 2.45) is 0 Å². The fourth-order valence-corrected chi connectivity index (χ4v) is 3.17. The SMILES string of the molecule is OCc1nnn(CCCc2ccccc2)c1-c1cccs1. The number of rotatable bonds is 6. The van der Waals surface area contributed by atoms with Crippen molar-refractivity contribution in [2.45, 2.75) is 26.0 Å². The standard InChI is InChI=1S/C16H17N3OS/c20-12-14-16(15-9-5-11-21-15)19(18-17-14)10-4-8-13-6-2-1-3-7-13/h1-3,5-7,9,11,20H,4,8,10,12H2. The molecule has 5 heteroatoms. The van der Waals surface area contributed by atoms with Crippen LogP contribution in [0.2, 0.25) is 0 Å². The van der Waals surface area contributed by atoms with Crippen LogP contribution in [0.5, 0.6) is 0 Å². The van der Waals surface area contributed by atoms with E-state index in [0.717, 1.165) is 30.0 Å². The average molecular weight is 299 g/mol. The average Bonchev–Trinajstić information content (AvgIpc) is 3.16. The van der Waals surface area contributed by atoms with Crippen LogP contribution < -0.4 is 0 Å². The number of aromatic nitrogens is 3. The molecule has 0 radical (unpaired) electrons. The summed E-state index contributed by atoms with van der Waals surface area (Å²) in [7, 11) is 0. The number of aliphatic hydroxyl groups excluding tert-OH is 1. The zero-order chi connectivity index (χ0) is 14.5. The largest absolute Gasteiger partial charge is 0.390 e. The summed E-state index contributed by atoms with van der Waals surface area (Å²) in [4.78, 5) is 1.10. The minimum Gasteiger partial charge on any atom is -0.390 e. The van der Waals surface area contributed by atoms with E-state index in [2.05, 4.69) is 34.6 Å². The Kier molecular flexibility index (Phi) is 4.43. The van der Waals surface area contributed by atoms with Crippen LogP contribution in [0.1, 0.15) is 17.7 Å². The third-order valence-electron chi connectivity index (χ3n) is 3.39. The summed E-state index contributed by atoms with van der Waals surface area (Å²) in [5.74, 6) is 0. The van der Waals surface area contributed by atoms with Crippen molar-refractivity contribution in [3.05, 3.63) is 59.1 Å². The number of aliphatic hydroxyl groups is 1. The molecule has 0 spiro atoms. The van der Waals surface area contributed by atoms with Gasteiger partial charge in [-0.3, -0.25) is 0 Å². The van der Waals surface area contributed by atoms with Gasteiger partial charge in [-0.1, -0.05) is 41.6 Å².